The first-order chi connectivity index (χ1) is 9.12. The molecule has 1 aromatic rings. The average molecular weight is 283 g/mol. The predicted molar refractivity (Wildman–Crippen MR) is 70.5 cm³/mol. The lowest BCUT2D eigenvalue weighted by molar-refractivity contribution is -0.384. The van der Waals surface area contributed by atoms with Crippen molar-refractivity contribution in [3.05, 3.63) is 28.1 Å². The monoisotopic (exact) mass is 283 g/mol. The number of carboxylic acid groups (broad SMARTS) is 1. The molecule has 8 nitrogen and oxygen atoms in total. The SMILES string of the molecule is CCN(C(=O)c1cc([N+](=O)[O-])cn1C)C(C)(C)C(=O)O. The van der Waals surface area contributed by atoms with E-state index in [2.05, 4.69) is 0 Å². The van der Waals surface area contributed by atoms with E-state index in [1.807, 2.05) is 0 Å². The van der Waals surface area contributed by atoms with Crippen LogP contribution < -0.4 is 0 Å². The molecule has 20 heavy (non-hydrogen) atoms. The zero-order valence-corrected chi connectivity index (χ0v) is 11.8. The molecule has 110 valence electrons. The summed E-state index contributed by atoms with van der Waals surface area (Å²) < 4.78 is 1.32. The maximum absolute atomic E-state index is 12.4. The molecule has 0 spiro atoms. The van der Waals surface area contributed by atoms with Gasteiger partial charge in [-0.15, -0.1) is 0 Å². The van der Waals surface area contributed by atoms with Crippen LogP contribution in [0.25, 0.3) is 0 Å². The van der Waals surface area contributed by atoms with E-state index in [-0.39, 0.29) is 17.9 Å². The number of aromatic nitrogens is 1. The van der Waals surface area contributed by atoms with Gasteiger partial charge in [0, 0.05) is 19.7 Å². The second-order valence-corrected chi connectivity index (χ2v) is 4.87. The van der Waals surface area contributed by atoms with Gasteiger partial charge in [0.25, 0.3) is 11.6 Å². The average Bonchev–Trinajstić information content (AvgIpc) is 2.71. The van der Waals surface area contributed by atoms with Gasteiger partial charge in [-0.1, -0.05) is 0 Å². The van der Waals surface area contributed by atoms with Gasteiger partial charge >= 0.3 is 5.97 Å². The van der Waals surface area contributed by atoms with Crippen LogP contribution in [0.3, 0.4) is 0 Å². The first-order valence-corrected chi connectivity index (χ1v) is 5.99. The number of carbonyl (C=O) groups is 2. The fraction of sp³-hybridized carbons (Fsp3) is 0.500. The molecule has 0 radical (unpaired) electrons. The first kappa shape index (κ1) is 15.7. The quantitative estimate of drug-likeness (QED) is 0.646. The van der Waals surface area contributed by atoms with Gasteiger partial charge in [0.15, 0.2) is 0 Å². The third-order valence-corrected chi connectivity index (χ3v) is 3.18. The van der Waals surface area contributed by atoms with Crippen LogP contribution in [0.2, 0.25) is 0 Å². The molecule has 1 heterocycles. The number of hydrogen-bond donors (Lipinski definition) is 1. The van der Waals surface area contributed by atoms with Crippen LogP contribution in [-0.4, -0.2) is 43.5 Å². The third kappa shape index (κ3) is 2.63. The van der Waals surface area contributed by atoms with Crippen molar-refractivity contribution in [2.75, 3.05) is 6.54 Å². The van der Waals surface area contributed by atoms with Crippen LogP contribution in [0.5, 0.6) is 0 Å². The van der Waals surface area contributed by atoms with E-state index in [0.717, 1.165) is 11.0 Å². The number of nitro groups is 1. The molecule has 0 fully saturated rings. The Hall–Kier alpha value is -2.38. The molecule has 0 aliphatic carbocycles. The van der Waals surface area contributed by atoms with Gasteiger partial charge in [-0.05, 0) is 20.8 Å². The summed E-state index contributed by atoms with van der Waals surface area (Å²) >= 11 is 0. The van der Waals surface area contributed by atoms with E-state index in [1.54, 1.807) is 6.92 Å². The highest BCUT2D eigenvalue weighted by Gasteiger charge is 2.38. The van der Waals surface area contributed by atoms with Crippen molar-refractivity contribution in [1.82, 2.24) is 9.47 Å². The Bertz CT molecular complexity index is 561. The molecule has 0 aliphatic heterocycles. The van der Waals surface area contributed by atoms with Crippen LogP contribution >= 0.6 is 0 Å². The lowest BCUT2D eigenvalue weighted by Crippen LogP contribution is -2.53. The van der Waals surface area contributed by atoms with Gasteiger partial charge in [0.1, 0.15) is 11.2 Å². The summed E-state index contributed by atoms with van der Waals surface area (Å²) in [6, 6.07) is 1.14. The molecule has 0 aromatic carbocycles. The Morgan fingerprint density at radius 1 is 1.50 bits per heavy atom. The Balaban J connectivity index is 3.22. The molecule has 0 saturated carbocycles. The molecular formula is C12H17N3O5. The highest BCUT2D eigenvalue weighted by Crippen LogP contribution is 2.21. The standard InChI is InChI=1S/C12H17N3O5/c1-5-14(12(2,3)11(17)18)10(16)9-6-8(15(19)20)7-13(9)4/h6-7H,5H2,1-4H3,(H,17,18). The molecule has 0 aliphatic rings. The van der Waals surface area contributed by atoms with Crippen molar-refractivity contribution < 1.29 is 19.6 Å². The van der Waals surface area contributed by atoms with E-state index >= 15 is 0 Å². The van der Waals surface area contributed by atoms with E-state index < -0.39 is 22.3 Å². The lowest BCUT2D eigenvalue weighted by Gasteiger charge is -2.34. The molecule has 1 amide bonds. The normalized spacial score (nSPS) is 11.2. The second-order valence-electron chi connectivity index (χ2n) is 4.87. The molecule has 0 unspecified atom stereocenters. The van der Waals surface area contributed by atoms with E-state index in [1.165, 1.54) is 31.7 Å². The maximum atomic E-state index is 12.4. The topological polar surface area (TPSA) is 106 Å². The van der Waals surface area contributed by atoms with Crippen molar-refractivity contribution in [1.29, 1.82) is 0 Å². The minimum absolute atomic E-state index is 0.0767. The summed E-state index contributed by atoms with van der Waals surface area (Å²) in [6.07, 6.45) is 1.22. The van der Waals surface area contributed by atoms with E-state index in [9.17, 15) is 24.8 Å². The largest absolute Gasteiger partial charge is 0.480 e. The fourth-order valence-corrected chi connectivity index (χ4v) is 1.91. The molecular weight excluding hydrogens is 266 g/mol. The van der Waals surface area contributed by atoms with E-state index in [0.29, 0.717) is 0 Å². The van der Waals surface area contributed by atoms with Gasteiger partial charge in [-0.3, -0.25) is 14.9 Å². The molecule has 1 aromatic heterocycles. The lowest BCUT2D eigenvalue weighted by atomic mass is 10.0. The molecule has 0 saturated heterocycles. The number of likely N-dealkylation sites (N-methyl/N-ethyl adjacent to an activating group) is 1. The Morgan fingerprint density at radius 2 is 2.05 bits per heavy atom. The number of aryl methyl sites for hydroxylation is 1. The molecule has 0 bridgehead atoms. The molecule has 0 atom stereocenters. The predicted octanol–water partition coefficient (Wildman–Crippen LogP) is 1.26. The van der Waals surface area contributed by atoms with Crippen molar-refractivity contribution in [3.8, 4) is 0 Å². The van der Waals surface area contributed by atoms with Crippen LogP contribution in [0.15, 0.2) is 12.3 Å². The minimum Gasteiger partial charge on any atom is -0.480 e. The van der Waals surface area contributed by atoms with Gasteiger partial charge in [0.05, 0.1) is 11.1 Å². The zero-order valence-electron chi connectivity index (χ0n) is 11.8. The number of nitrogens with zero attached hydrogens (tertiary/aromatic N) is 3. The van der Waals surface area contributed by atoms with Crippen molar-refractivity contribution >= 4 is 17.6 Å². The smallest absolute Gasteiger partial charge is 0.329 e. The Labute approximate surface area is 115 Å². The van der Waals surface area contributed by atoms with Crippen molar-refractivity contribution in [2.24, 2.45) is 7.05 Å². The zero-order chi connectivity index (χ0) is 15.7. The number of rotatable bonds is 5. The minimum atomic E-state index is -1.40. The van der Waals surface area contributed by atoms with Gasteiger partial charge in [0.2, 0.25) is 0 Å². The van der Waals surface area contributed by atoms with Gasteiger partial charge in [-0.2, -0.15) is 0 Å². The summed E-state index contributed by atoms with van der Waals surface area (Å²) in [5.41, 5.74) is -1.53. The summed E-state index contributed by atoms with van der Waals surface area (Å²) in [5, 5.41) is 19.9. The van der Waals surface area contributed by atoms with Crippen LogP contribution in [0.4, 0.5) is 5.69 Å². The van der Waals surface area contributed by atoms with Crippen LogP contribution in [0.1, 0.15) is 31.3 Å². The first-order valence-electron chi connectivity index (χ1n) is 5.99. The van der Waals surface area contributed by atoms with Crippen molar-refractivity contribution in [3.63, 3.8) is 0 Å². The number of carboxylic acids is 1. The second kappa shape index (κ2) is 5.32. The van der Waals surface area contributed by atoms with Crippen molar-refractivity contribution in [2.45, 2.75) is 26.3 Å². The molecule has 1 N–H and O–H groups in total. The highest BCUT2D eigenvalue weighted by atomic mass is 16.6. The van der Waals surface area contributed by atoms with Crippen LogP contribution in [0, 0.1) is 10.1 Å². The van der Waals surface area contributed by atoms with Gasteiger partial charge in [-0.25, -0.2) is 4.79 Å². The van der Waals surface area contributed by atoms with Crippen LogP contribution in [-0.2, 0) is 11.8 Å². The number of aliphatic carboxylic acids is 1. The molecule has 1 rings (SSSR count). The summed E-state index contributed by atoms with van der Waals surface area (Å²) in [7, 11) is 1.50. The number of amides is 1. The Kier molecular flexibility index (Phi) is 4.17. The number of carbonyl (C=O) groups excluding carboxylic acids is 1. The van der Waals surface area contributed by atoms with Gasteiger partial charge < -0.3 is 14.6 Å². The maximum Gasteiger partial charge on any atom is 0.329 e. The highest BCUT2D eigenvalue weighted by molar-refractivity contribution is 5.97. The van der Waals surface area contributed by atoms with E-state index in [4.69, 9.17) is 0 Å². The fourth-order valence-electron chi connectivity index (χ4n) is 1.91. The summed E-state index contributed by atoms with van der Waals surface area (Å²) in [5.74, 6) is -1.70. The third-order valence-electron chi connectivity index (χ3n) is 3.18. The number of hydrogen-bond acceptors (Lipinski definition) is 4. The summed E-state index contributed by atoms with van der Waals surface area (Å²) in [4.78, 5) is 34.9. The molecule has 8 heteroatoms. The summed E-state index contributed by atoms with van der Waals surface area (Å²) in [6.45, 7) is 4.65. The Morgan fingerprint density at radius 3 is 2.40 bits per heavy atom.